The second-order valence-electron chi connectivity index (χ2n) is 4.78. The molecule has 0 aromatic carbocycles. The van der Waals surface area contributed by atoms with Gasteiger partial charge in [0.05, 0.1) is 13.6 Å². The van der Waals surface area contributed by atoms with Crippen LogP contribution in [-0.4, -0.2) is 36.3 Å². The highest BCUT2D eigenvalue weighted by Gasteiger charge is 2.58. The van der Waals surface area contributed by atoms with Crippen LogP contribution < -0.4 is 0 Å². The Morgan fingerprint density at radius 3 is 2.57 bits per heavy atom. The Kier molecular flexibility index (Phi) is 3.57. The molecule has 2 heterocycles. The number of halogens is 1. The van der Waals surface area contributed by atoms with E-state index in [-0.39, 0.29) is 0 Å². The smallest absolute Gasteiger partial charge is 0.155 e. The van der Waals surface area contributed by atoms with Gasteiger partial charge in [0.25, 0.3) is 0 Å². The molecule has 2 saturated heterocycles. The van der Waals surface area contributed by atoms with Crippen molar-refractivity contribution in [3.05, 3.63) is 0 Å². The molecule has 0 bridgehead atoms. The second kappa shape index (κ2) is 4.18. The zero-order valence-electron chi connectivity index (χ0n) is 10.1. The van der Waals surface area contributed by atoms with E-state index in [1.54, 1.807) is 0 Å². The van der Waals surface area contributed by atoms with Crippen molar-refractivity contribution < 1.29 is 8.87 Å². The number of nitrogens with zero attached hydrogens (tertiary/aromatic N) is 1. The highest BCUT2D eigenvalue weighted by Crippen LogP contribution is 2.47. The molecule has 0 aromatic heterocycles. The zero-order chi connectivity index (χ0) is 10.8. The first kappa shape index (κ1) is 12.0. The monoisotopic (exact) mass is 202 g/mol. The highest BCUT2D eigenvalue weighted by atomic mass is 19.1. The summed E-state index contributed by atoms with van der Waals surface area (Å²) in [7, 11) is 2.25. The molecule has 2 aliphatic rings. The molecule has 0 N–H and O–H groups in total. The molecule has 3 unspecified atom stereocenters. The fraction of sp³-hybridized carbons (Fsp3) is 1.00. The standard InChI is InChI=1S/C10H19FN.C2H6/c1-3-10-5-4-6-12(10,2)8-9(11)7-10;1-2/h9H,3-8H2,1-2H3;1-2H3/q+1;. The predicted molar refractivity (Wildman–Crippen MR) is 59.0 cm³/mol. The molecule has 0 aromatic rings. The fourth-order valence-corrected chi connectivity index (χ4v) is 3.49. The Balaban J connectivity index is 0.000000461. The third-order valence-corrected chi connectivity index (χ3v) is 4.30. The molecule has 84 valence electrons. The van der Waals surface area contributed by atoms with Gasteiger partial charge in [-0.2, -0.15) is 0 Å². The van der Waals surface area contributed by atoms with Gasteiger partial charge in [-0.15, -0.1) is 0 Å². The molecular formula is C12H25FN+. The van der Waals surface area contributed by atoms with Gasteiger partial charge < -0.3 is 4.48 Å². The first-order valence-electron chi connectivity index (χ1n) is 6.11. The molecule has 1 nitrogen and oxygen atoms in total. The molecule has 0 spiro atoms. The maximum Gasteiger partial charge on any atom is 0.155 e. The van der Waals surface area contributed by atoms with E-state index in [0.29, 0.717) is 5.54 Å². The molecule has 0 aliphatic carbocycles. The van der Waals surface area contributed by atoms with Gasteiger partial charge in [-0.1, -0.05) is 20.8 Å². The van der Waals surface area contributed by atoms with Crippen LogP contribution in [0.25, 0.3) is 0 Å². The van der Waals surface area contributed by atoms with Crippen molar-refractivity contribution in [1.82, 2.24) is 0 Å². The highest BCUT2D eigenvalue weighted by molar-refractivity contribution is 4.92. The van der Waals surface area contributed by atoms with Crippen LogP contribution in [-0.2, 0) is 0 Å². The van der Waals surface area contributed by atoms with Crippen LogP contribution in [0, 0.1) is 0 Å². The van der Waals surface area contributed by atoms with Crippen LogP contribution in [0.5, 0.6) is 0 Å². The summed E-state index contributed by atoms with van der Waals surface area (Å²) in [6.07, 6.45) is 4.00. The number of quaternary nitrogens is 1. The minimum atomic E-state index is -0.532. The lowest BCUT2D eigenvalue weighted by Gasteiger charge is -2.39. The van der Waals surface area contributed by atoms with Gasteiger partial charge >= 0.3 is 0 Å². The van der Waals surface area contributed by atoms with Gasteiger partial charge in [-0.3, -0.25) is 0 Å². The minimum absolute atomic E-state index is 0.319. The van der Waals surface area contributed by atoms with Crippen molar-refractivity contribution in [2.75, 3.05) is 20.1 Å². The molecule has 2 aliphatic heterocycles. The third-order valence-electron chi connectivity index (χ3n) is 4.30. The fourth-order valence-electron chi connectivity index (χ4n) is 3.49. The number of rotatable bonds is 1. The van der Waals surface area contributed by atoms with Crippen LogP contribution in [0.1, 0.15) is 46.5 Å². The van der Waals surface area contributed by atoms with E-state index in [9.17, 15) is 4.39 Å². The normalized spacial score (nSPS) is 45.6. The van der Waals surface area contributed by atoms with Crippen LogP contribution in [0.2, 0.25) is 0 Å². The van der Waals surface area contributed by atoms with Gasteiger partial charge in [0, 0.05) is 19.3 Å². The zero-order valence-corrected chi connectivity index (χ0v) is 10.1. The molecule has 0 saturated carbocycles. The summed E-state index contributed by atoms with van der Waals surface area (Å²) >= 11 is 0. The van der Waals surface area contributed by atoms with Crippen molar-refractivity contribution in [2.24, 2.45) is 0 Å². The largest absolute Gasteiger partial charge is 0.319 e. The van der Waals surface area contributed by atoms with Crippen LogP contribution in [0.15, 0.2) is 0 Å². The number of hydrogen-bond acceptors (Lipinski definition) is 0. The Morgan fingerprint density at radius 1 is 1.43 bits per heavy atom. The van der Waals surface area contributed by atoms with E-state index in [0.717, 1.165) is 23.9 Å². The number of hydrogen-bond donors (Lipinski definition) is 0. The molecule has 14 heavy (non-hydrogen) atoms. The van der Waals surface area contributed by atoms with Crippen LogP contribution >= 0.6 is 0 Å². The van der Waals surface area contributed by atoms with Gasteiger partial charge in [0.2, 0.25) is 0 Å². The van der Waals surface area contributed by atoms with Gasteiger partial charge in [-0.25, -0.2) is 4.39 Å². The topological polar surface area (TPSA) is 0 Å². The predicted octanol–water partition coefficient (Wildman–Crippen LogP) is 3.14. The first-order valence-corrected chi connectivity index (χ1v) is 6.11. The van der Waals surface area contributed by atoms with Gasteiger partial charge in [0.1, 0.15) is 12.1 Å². The Labute approximate surface area is 87.9 Å². The van der Waals surface area contributed by atoms with Crippen LogP contribution in [0.4, 0.5) is 4.39 Å². The minimum Gasteiger partial charge on any atom is -0.319 e. The summed E-state index contributed by atoms with van der Waals surface area (Å²) in [5.74, 6) is 0. The van der Waals surface area contributed by atoms with E-state index in [4.69, 9.17) is 0 Å². The lowest BCUT2D eigenvalue weighted by Crippen LogP contribution is -2.53. The summed E-state index contributed by atoms with van der Waals surface area (Å²) in [6.45, 7) is 8.20. The van der Waals surface area contributed by atoms with E-state index < -0.39 is 6.17 Å². The molecular weight excluding hydrogens is 177 g/mol. The summed E-state index contributed by atoms with van der Waals surface area (Å²) in [5.41, 5.74) is 0.319. The van der Waals surface area contributed by atoms with E-state index in [1.165, 1.54) is 19.4 Å². The van der Waals surface area contributed by atoms with E-state index in [1.807, 2.05) is 13.8 Å². The van der Waals surface area contributed by atoms with E-state index in [2.05, 4.69) is 14.0 Å². The van der Waals surface area contributed by atoms with Gasteiger partial charge in [0.15, 0.2) is 6.17 Å². The van der Waals surface area contributed by atoms with Crippen molar-refractivity contribution in [3.8, 4) is 0 Å². The Bertz CT molecular complexity index is 195. The van der Waals surface area contributed by atoms with Crippen LogP contribution in [0.3, 0.4) is 0 Å². The van der Waals surface area contributed by atoms with Crippen molar-refractivity contribution in [3.63, 3.8) is 0 Å². The molecule has 0 radical (unpaired) electrons. The Hall–Kier alpha value is -0.110. The second-order valence-corrected chi connectivity index (χ2v) is 4.78. The maximum atomic E-state index is 13.3. The van der Waals surface area contributed by atoms with Crippen molar-refractivity contribution >= 4 is 0 Å². The average molecular weight is 202 g/mol. The molecule has 2 fully saturated rings. The molecule has 0 amide bonds. The first-order chi connectivity index (χ1) is 6.62. The Morgan fingerprint density at radius 2 is 2.07 bits per heavy atom. The van der Waals surface area contributed by atoms with Crippen molar-refractivity contribution in [2.45, 2.75) is 58.2 Å². The summed E-state index contributed by atoms with van der Waals surface area (Å²) in [5, 5.41) is 0. The molecule has 2 heteroatoms. The maximum absolute atomic E-state index is 13.3. The van der Waals surface area contributed by atoms with Gasteiger partial charge in [-0.05, 0) is 6.42 Å². The third kappa shape index (κ3) is 1.58. The SMILES string of the molecule is CC.CCC12CCC[N+]1(C)CC(F)C2. The summed E-state index contributed by atoms with van der Waals surface area (Å²) in [6, 6.07) is 0. The molecule has 3 atom stereocenters. The van der Waals surface area contributed by atoms with E-state index >= 15 is 0 Å². The number of alkyl halides is 1. The summed E-state index contributed by atoms with van der Waals surface area (Å²) < 4.78 is 14.3. The molecule has 2 rings (SSSR count). The summed E-state index contributed by atoms with van der Waals surface area (Å²) in [4.78, 5) is 0. The lowest BCUT2D eigenvalue weighted by atomic mass is 9.90. The quantitative estimate of drug-likeness (QED) is 0.573. The van der Waals surface area contributed by atoms with Crippen molar-refractivity contribution in [1.29, 1.82) is 0 Å². The lowest BCUT2D eigenvalue weighted by molar-refractivity contribution is -0.934. The average Bonchev–Trinajstić information content (AvgIpc) is 2.58. The number of fused-ring (bicyclic) bond motifs is 1.